The summed E-state index contributed by atoms with van der Waals surface area (Å²) in [5.41, 5.74) is 1.62. The fraction of sp³-hybridized carbons (Fsp3) is 0.0769. The van der Waals surface area contributed by atoms with Gasteiger partial charge in [0.25, 0.3) is 0 Å². The van der Waals surface area contributed by atoms with E-state index in [1.54, 1.807) is 6.07 Å². The Morgan fingerprint density at radius 3 is 2.50 bits per heavy atom. The van der Waals surface area contributed by atoms with E-state index in [2.05, 4.69) is 54.5 Å². The highest BCUT2D eigenvalue weighted by atomic mass is 127. The molecule has 0 aliphatic rings. The summed E-state index contributed by atoms with van der Waals surface area (Å²) in [6, 6.07) is 11.2. The molecule has 0 fully saturated rings. The van der Waals surface area contributed by atoms with Gasteiger partial charge in [-0.1, -0.05) is 43.5 Å². The second-order valence-electron chi connectivity index (χ2n) is 3.73. The Hall–Kier alpha value is 0.380. The number of hydrogen-bond donors (Lipinski definition) is 1. The lowest BCUT2D eigenvalue weighted by molar-refractivity contribution is 0.218. The van der Waals surface area contributed by atoms with Gasteiger partial charge >= 0.3 is 0 Å². The topological polar surface area (TPSA) is 20.2 Å². The summed E-state index contributed by atoms with van der Waals surface area (Å²) in [6.07, 6.45) is -0.706. The third kappa shape index (κ3) is 3.28. The third-order valence-electron chi connectivity index (χ3n) is 2.51. The molecule has 1 atom stereocenters. The van der Waals surface area contributed by atoms with Crippen molar-refractivity contribution in [3.63, 3.8) is 0 Å². The van der Waals surface area contributed by atoms with E-state index in [9.17, 15) is 5.11 Å². The minimum absolute atomic E-state index is 0.621. The van der Waals surface area contributed by atoms with Gasteiger partial charge in [0.05, 0.1) is 0 Å². The Bertz CT molecular complexity index is 538. The molecule has 5 heteroatoms. The second-order valence-corrected chi connectivity index (χ2v) is 7.10. The van der Waals surface area contributed by atoms with Gasteiger partial charge in [0.15, 0.2) is 0 Å². The molecule has 1 N–H and O–H groups in total. The van der Waals surface area contributed by atoms with E-state index >= 15 is 0 Å². The normalized spacial score (nSPS) is 12.5. The van der Waals surface area contributed by atoms with Crippen LogP contribution in [0.3, 0.4) is 0 Å². The number of aliphatic hydroxyl groups is 1. The average molecular weight is 502 g/mol. The van der Waals surface area contributed by atoms with Crippen molar-refractivity contribution in [2.24, 2.45) is 0 Å². The van der Waals surface area contributed by atoms with Gasteiger partial charge in [-0.2, -0.15) is 0 Å². The Labute approximate surface area is 141 Å². The summed E-state index contributed by atoms with van der Waals surface area (Å²) in [5, 5.41) is 11.1. The summed E-state index contributed by atoms with van der Waals surface area (Å²) < 4.78 is 2.78. The van der Waals surface area contributed by atoms with Crippen LogP contribution in [0.4, 0.5) is 0 Å². The van der Waals surface area contributed by atoms with Crippen LogP contribution in [0.5, 0.6) is 0 Å². The lowest BCUT2D eigenvalue weighted by atomic mass is 10.0. The summed E-state index contributed by atoms with van der Waals surface area (Å²) in [5.74, 6) is 0. The molecule has 0 bridgehead atoms. The van der Waals surface area contributed by atoms with Gasteiger partial charge in [0, 0.05) is 23.1 Å². The van der Waals surface area contributed by atoms with Crippen molar-refractivity contribution in [2.45, 2.75) is 6.10 Å². The summed E-state index contributed by atoms with van der Waals surface area (Å²) in [6.45, 7) is 0. The smallest absolute Gasteiger partial charge is 0.106 e. The standard InChI is InChI=1S/C13H8Br2ClIO/c14-7-1-3-11(15)9(5-7)13(18)10-6-8(16)2-4-12(10)17/h1-6,13,18H. The highest BCUT2D eigenvalue weighted by Crippen LogP contribution is 2.34. The van der Waals surface area contributed by atoms with Crippen LogP contribution in [0.25, 0.3) is 0 Å². The molecule has 94 valence electrons. The quantitative estimate of drug-likeness (QED) is 0.534. The van der Waals surface area contributed by atoms with Crippen molar-refractivity contribution in [1.82, 2.24) is 0 Å². The summed E-state index contributed by atoms with van der Waals surface area (Å²) in [7, 11) is 0. The molecule has 0 radical (unpaired) electrons. The minimum Gasteiger partial charge on any atom is -0.384 e. The van der Waals surface area contributed by atoms with Crippen molar-refractivity contribution in [3.8, 4) is 0 Å². The fourth-order valence-electron chi connectivity index (χ4n) is 1.62. The van der Waals surface area contributed by atoms with Gasteiger partial charge in [-0.25, -0.2) is 0 Å². The van der Waals surface area contributed by atoms with Gasteiger partial charge < -0.3 is 5.11 Å². The maximum atomic E-state index is 10.5. The minimum atomic E-state index is -0.706. The molecule has 18 heavy (non-hydrogen) atoms. The van der Waals surface area contributed by atoms with Crippen LogP contribution in [0.2, 0.25) is 5.02 Å². The van der Waals surface area contributed by atoms with Crippen LogP contribution < -0.4 is 0 Å². The van der Waals surface area contributed by atoms with E-state index in [0.29, 0.717) is 5.02 Å². The lowest BCUT2D eigenvalue weighted by Crippen LogP contribution is -2.03. The Morgan fingerprint density at radius 1 is 1.06 bits per heavy atom. The Balaban J connectivity index is 2.50. The zero-order chi connectivity index (χ0) is 13.3. The second kappa shape index (κ2) is 6.22. The molecular formula is C13H8Br2ClIO. The third-order valence-corrected chi connectivity index (χ3v) is 4.94. The average Bonchev–Trinajstić information content (AvgIpc) is 2.34. The first-order valence-electron chi connectivity index (χ1n) is 5.07. The molecular weight excluding hydrogens is 494 g/mol. The SMILES string of the molecule is OC(c1cc(Br)ccc1Br)c1cc(Cl)ccc1I. The van der Waals surface area contributed by atoms with Gasteiger partial charge in [0.2, 0.25) is 0 Å². The summed E-state index contributed by atoms with van der Waals surface area (Å²) in [4.78, 5) is 0. The van der Waals surface area contributed by atoms with Crippen LogP contribution in [0, 0.1) is 3.57 Å². The van der Waals surface area contributed by atoms with Crippen LogP contribution in [-0.4, -0.2) is 5.11 Å². The monoisotopic (exact) mass is 500 g/mol. The molecule has 0 heterocycles. The van der Waals surface area contributed by atoms with E-state index in [4.69, 9.17) is 11.6 Å². The number of hydrogen-bond acceptors (Lipinski definition) is 1. The van der Waals surface area contributed by atoms with E-state index in [0.717, 1.165) is 23.6 Å². The van der Waals surface area contributed by atoms with Crippen molar-refractivity contribution in [3.05, 3.63) is 65.1 Å². The molecule has 2 aromatic rings. The molecule has 0 aliphatic carbocycles. The summed E-state index contributed by atoms with van der Waals surface area (Å²) >= 11 is 15.0. The van der Waals surface area contributed by atoms with Crippen molar-refractivity contribution < 1.29 is 5.11 Å². The zero-order valence-corrected chi connectivity index (χ0v) is 15.1. The largest absolute Gasteiger partial charge is 0.384 e. The van der Waals surface area contributed by atoms with Crippen molar-refractivity contribution in [1.29, 1.82) is 0 Å². The van der Waals surface area contributed by atoms with E-state index in [-0.39, 0.29) is 0 Å². The van der Waals surface area contributed by atoms with Gasteiger partial charge in [-0.15, -0.1) is 0 Å². The number of aliphatic hydroxyl groups excluding tert-OH is 1. The Morgan fingerprint density at radius 2 is 1.78 bits per heavy atom. The predicted octanol–water partition coefficient (Wildman–Crippen LogP) is 5.55. The number of halogens is 4. The van der Waals surface area contributed by atoms with Crippen molar-refractivity contribution >= 4 is 66.1 Å². The highest BCUT2D eigenvalue weighted by Gasteiger charge is 2.17. The molecule has 1 unspecified atom stereocenters. The van der Waals surface area contributed by atoms with Crippen molar-refractivity contribution in [2.75, 3.05) is 0 Å². The lowest BCUT2D eigenvalue weighted by Gasteiger charge is -2.15. The zero-order valence-electron chi connectivity index (χ0n) is 9.00. The molecule has 0 saturated heterocycles. The first-order chi connectivity index (χ1) is 8.49. The molecule has 0 spiro atoms. The first kappa shape index (κ1) is 14.8. The van der Waals surface area contributed by atoms with E-state index in [1.807, 2.05) is 30.3 Å². The molecule has 0 amide bonds. The first-order valence-corrected chi connectivity index (χ1v) is 8.11. The maximum Gasteiger partial charge on any atom is 0.106 e. The fourth-order valence-corrected chi connectivity index (χ4v) is 3.27. The predicted molar refractivity (Wildman–Crippen MR) is 90.1 cm³/mol. The van der Waals surface area contributed by atoms with E-state index in [1.165, 1.54) is 0 Å². The van der Waals surface area contributed by atoms with Crippen LogP contribution in [-0.2, 0) is 0 Å². The molecule has 2 aromatic carbocycles. The molecule has 1 nitrogen and oxygen atoms in total. The molecule has 0 aliphatic heterocycles. The number of benzene rings is 2. The number of rotatable bonds is 2. The highest BCUT2D eigenvalue weighted by molar-refractivity contribution is 14.1. The van der Waals surface area contributed by atoms with Crippen LogP contribution in [0.15, 0.2) is 45.3 Å². The molecule has 0 saturated carbocycles. The van der Waals surface area contributed by atoms with E-state index < -0.39 is 6.10 Å². The molecule has 0 aromatic heterocycles. The van der Waals surface area contributed by atoms with Crippen LogP contribution >= 0.6 is 66.1 Å². The van der Waals surface area contributed by atoms with Gasteiger partial charge in [-0.05, 0) is 64.6 Å². The molecule has 2 rings (SSSR count). The van der Waals surface area contributed by atoms with Crippen LogP contribution in [0.1, 0.15) is 17.2 Å². The van der Waals surface area contributed by atoms with Gasteiger partial charge in [-0.3, -0.25) is 0 Å². The maximum absolute atomic E-state index is 10.5. The van der Waals surface area contributed by atoms with Gasteiger partial charge in [0.1, 0.15) is 6.10 Å². The Kier molecular flexibility index (Phi) is 5.11.